The van der Waals surface area contributed by atoms with Gasteiger partial charge in [0.1, 0.15) is 5.82 Å². The number of likely N-dealkylation sites (tertiary alicyclic amines) is 1. The van der Waals surface area contributed by atoms with E-state index < -0.39 is 0 Å². The summed E-state index contributed by atoms with van der Waals surface area (Å²) in [5.74, 6) is 1.05. The van der Waals surface area contributed by atoms with E-state index in [-0.39, 0.29) is 11.5 Å². The highest BCUT2D eigenvalue weighted by atomic mass is 35.5. The van der Waals surface area contributed by atoms with Crippen LogP contribution < -0.4 is 5.56 Å². The van der Waals surface area contributed by atoms with Crippen molar-refractivity contribution in [2.24, 2.45) is 0 Å². The Bertz CT molecular complexity index is 1270. The Morgan fingerprint density at radius 3 is 2.63 bits per heavy atom. The number of fused-ring (bicyclic) bond motifs is 2. The maximum atomic E-state index is 12.4. The van der Waals surface area contributed by atoms with Gasteiger partial charge in [-0.1, -0.05) is 23.2 Å². The Kier molecular flexibility index (Phi) is 5.27. The van der Waals surface area contributed by atoms with Crippen molar-refractivity contribution in [2.75, 3.05) is 19.6 Å². The molecular weight excluding hydrogens is 419 g/mol. The smallest absolute Gasteiger partial charge is 0.258 e. The maximum Gasteiger partial charge on any atom is 0.258 e. The van der Waals surface area contributed by atoms with E-state index in [4.69, 9.17) is 28.2 Å². The van der Waals surface area contributed by atoms with Gasteiger partial charge in [0.15, 0.2) is 0 Å². The summed E-state index contributed by atoms with van der Waals surface area (Å²) in [4.78, 5) is 25.9. The van der Waals surface area contributed by atoms with E-state index in [0.29, 0.717) is 15.9 Å². The van der Waals surface area contributed by atoms with Crippen molar-refractivity contribution in [3.05, 3.63) is 74.4 Å². The van der Waals surface area contributed by atoms with Crippen LogP contribution in [0.1, 0.15) is 30.1 Å². The zero-order chi connectivity index (χ0) is 20.7. The van der Waals surface area contributed by atoms with Gasteiger partial charge in [0.2, 0.25) is 0 Å². The molecule has 5 nitrogen and oxygen atoms in total. The molecule has 7 heteroatoms. The minimum absolute atomic E-state index is 0.0907. The van der Waals surface area contributed by atoms with Crippen molar-refractivity contribution in [2.45, 2.75) is 25.2 Å². The Morgan fingerprint density at radius 1 is 1.03 bits per heavy atom. The molecule has 3 heterocycles. The second kappa shape index (κ2) is 8.06. The van der Waals surface area contributed by atoms with Gasteiger partial charge in [-0.2, -0.15) is 0 Å². The number of piperidine rings is 1. The van der Waals surface area contributed by atoms with Crippen LogP contribution in [-0.4, -0.2) is 39.5 Å². The van der Waals surface area contributed by atoms with E-state index in [1.807, 2.05) is 18.2 Å². The van der Waals surface area contributed by atoms with Crippen molar-refractivity contribution in [3.63, 3.8) is 0 Å². The van der Waals surface area contributed by atoms with Gasteiger partial charge < -0.3 is 14.9 Å². The maximum absolute atomic E-state index is 12.4. The summed E-state index contributed by atoms with van der Waals surface area (Å²) in [6, 6.07) is 11.2. The zero-order valence-electron chi connectivity index (χ0n) is 16.4. The summed E-state index contributed by atoms with van der Waals surface area (Å²) in [5.41, 5.74) is 3.00. The molecule has 1 aliphatic rings. The van der Waals surface area contributed by atoms with Crippen LogP contribution in [0.3, 0.4) is 0 Å². The number of nitrogens with zero attached hydrogens (tertiary/aromatic N) is 2. The highest BCUT2D eigenvalue weighted by Crippen LogP contribution is 2.27. The third kappa shape index (κ3) is 3.85. The highest BCUT2D eigenvalue weighted by Gasteiger charge is 2.23. The van der Waals surface area contributed by atoms with Crippen LogP contribution >= 0.6 is 23.2 Å². The first-order valence-corrected chi connectivity index (χ1v) is 11.0. The first kappa shape index (κ1) is 19.6. The summed E-state index contributed by atoms with van der Waals surface area (Å²) in [5, 5.41) is 3.15. The van der Waals surface area contributed by atoms with Crippen molar-refractivity contribution >= 4 is 45.0 Å². The predicted molar refractivity (Wildman–Crippen MR) is 123 cm³/mol. The van der Waals surface area contributed by atoms with Crippen molar-refractivity contribution in [1.82, 2.24) is 19.9 Å². The molecular formula is C23H22Cl2N4O. The van der Waals surface area contributed by atoms with E-state index in [9.17, 15) is 4.79 Å². The molecule has 0 unspecified atom stereocenters. The van der Waals surface area contributed by atoms with Gasteiger partial charge in [-0.15, -0.1) is 0 Å². The summed E-state index contributed by atoms with van der Waals surface area (Å²) in [7, 11) is 0. The van der Waals surface area contributed by atoms with Crippen LogP contribution in [0, 0.1) is 0 Å². The van der Waals surface area contributed by atoms with Gasteiger partial charge in [-0.3, -0.25) is 4.79 Å². The molecule has 1 fully saturated rings. The third-order valence-electron chi connectivity index (χ3n) is 6.09. The van der Waals surface area contributed by atoms with Crippen LogP contribution in [0.5, 0.6) is 0 Å². The number of rotatable bonds is 4. The molecule has 2 aromatic carbocycles. The minimum Gasteiger partial charge on any atom is -0.361 e. The van der Waals surface area contributed by atoms with Crippen LogP contribution in [-0.2, 0) is 6.42 Å². The topological polar surface area (TPSA) is 64.8 Å². The third-order valence-corrected chi connectivity index (χ3v) is 6.56. The van der Waals surface area contributed by atoms with E-state index in [0.717, 1.165) is 55.3 Å². The van der Waals surface area contributed by atoms with Crippen molar-refractivity contribution in [1.29, 1.82) is 0 Å². The van der Waals surface area contributed by atoms with Gasteiger partial charge in [0.05, 0.1) is 10.9 Å². The van der Waals surface area contributed by atoms with Gasteiger partial charge in [0.25, 0.3) is 5.56 Å². The normalized spacial score (nSPS) is 15.9. The first-order valence-electron chi connectivity index (χ1n) is 10.2. The summed E-state index contributed by atoms with van der Waals surface area (Å²) in [6.07, 6.45) is 5.03. The van der Waals surface area contributed by atoms with Crippen LogP contribution in [0.4, 0.5) is 0 Å². The molecule has 1 aliphatic heterocycles. The fraction of sp³-hybridized carbons (Fsp3) is 0.304. The van der Waals surface area contributed by atoms with E-state index in [1.165, 1.54) is 10.9 Å². The molecule has 2 N–H and O–H groups in total. The lowest BCUT2D eigenvalue weighted by Crippen LogP contribution is -2.35. The van der Waals surface area contributed by atoms with Crippen molar-refractivity contribution < 1.29 is 0 Å². The Labute approximate surface area is 184 Å². The molecule has 0 atom stereocenters. The molecule has 0 bridgehead atoms. The molecule has 0 amide bonds. The largest absolute Gasteiger partial charge is 0.361 e. The molecule has 0 radical (unpaired) electrons. The zero-order valence-corrected chi connectivity index (χ0v) is 17.9. The first-order chi connectivity index (χ1) is 14.6. The molecule has 30 heavy (non-hydrogen) atoms. The Balaban J connectivity index is 1.25. The summed E-state index contributed by atoms with van der Waals surface area (Å²) >= 11 is 12.2. The average molecular weight is 441 g/mol. The van der Waals surface area contributed by atoms with E-state index in [1.54, 1.807) is 18.2 Å². The van der Waals surface area contributed by atoms with E-state index >= 15 is 0 Å². The number of nitrogens with one attached hydrogen (secondary N) is 2. The number of hydrogen-bond acceptors (Lipinski definition) is 3. The molecule has 4 aromatic rings. The number of hydrogen-bond donors (Lipinski definition) is 2. The van der Waals surface area contributed by atoms with Crippen LogP contribution in [0.2, 0.25) is 10.0 Å². The SMILES string of the molecule is O=c1[nH]c(C2CCN(CCc3c[nH]c4ccc(Cl)cc34)CC2)nc2cc(Cl)ccc12. The molecule has 0 spiro atoms. The van der Waals surface area contributed by atoms with Gasteiger partial charge >= 0.3 is 0 Å². The van der Waals surface area contributed by atoms with Gasteiger partial charge in [-0.05, 0) is 74.3 Å². The lowest BCUT2D eigenvalue weighted by Gasteiger charge is -2.31. The van der Waals surface area contributed by atoms with Gasteiger partial charge in [0, 0.05) is 39.6 Å². The number of aromatic nitrogens is 3. The highest BCUT2D eigenvalue weighted by molar-refractivity contribution is 6.31. The lowest BCUT2D eigenvalue weighted by molar-refractivity contribution is 0.211. The monoisotopic (exact) mass is 440 g/mol. The van der Waals surface area contributed by atoms with Crippen LogP contribution in [0.15, 0.2) is 47.4 Å². The lowest BCUT2D eigenvalue weighted by atomic mass is 9.95. The van der Waals surface area contributed by atoms with Gasteiger partial charge in [-0.25, -0.2) is 4.98 Å². The Hall–Kier alpha value is -2.34. The molecule has 0 aliphatic carbocycles. The second-order valence-corrected chi connectivity index (χ2v) is 8.86. The van der Waals surface area contributed by atoms with Crippen LogP contribution in [0.25, 0.3) is 21.8 Å². The molecule has 5 rings (SSSR count). The second-order valence-electron chi connectivity index (χ2n) is 7.98. The molecule has 2 aromatic heterocycles. The minimum atomic E-state index is -0.0907. The fourth-order valence-electron chi connectivity index (χ4n) is 4.39. The predicted octanol–water partition coefficient (Wildman–Crippen LogP) is 5.13. The summed E-state index contributed by atoms with van der Waals surface area (Å²) < 4.78 is 0. The fourth-order valence-corrected chi connectivity index (χ4v) is 4.73. The Morgan fingerprint density at radius 2 is 1.80 bits per heavy atom. The van der Waals surface area contributed by atoms with E-state index in [2.05, 4.69) is 21.1 Å². The number of benzene rings is 2. The number of H-pyrrole nitrogens is 2. The summed E-state index contributed by atoms with van der Waals surface area (Å²) in [6.45, 7) is 2.99. The average Bonchev–Trinajstić information content (AvgIpc) is 3.14. The molecule has 1 saturated heterocycles. The van der Waals surface area contributed by atoms with Crippen molar-refractivity contribution in [3.8, 4) is 0 Å². The number of halogens is 2. The quantitative estimate of drug-likeness (QED) is 0.461. The molecule has 154 valence electrons. The number of aromatic amines is 2. The standard InChI is InChI=1S/C23H22Cl2N4O/c24-16-2-4-20-19(11-16)15(13-26-20)7-10-29-8-5-14(6-9-29)22-27-21-12-17(25)1-3-18(21)23(30)28-22/h1-4,11-14,26H,5-10H2,(H,27,28,30). The molecule has 0 saturated carbocycles.